The number of fused-ring (bicyclic) bond motifs is 1. The van der Waals surface area contributed by atoms with Crippen LogP contribution in [0.15, 0.2) is 48.9 Å². The lowest BCUT2D eigenvalue weighted by atomic mass is 9.90. The Morgan fingerprint density at radius 1 is 0.969 bits per heavy atom. The number of hydrogen-bond acceptors (Lipinski definition) is 10. The zero-order valence-corrected chi connectivity index (χ0v) is 36.0. The number of aliphatic hydroxyl groups is 1. The van der Waals surface area contributed by atoms with Crippen LogP contribution in [0.5, 0.6) is 0 Å². The van der Waals surface area contributed by atoms with Gasteiger partial charge in [-0.1, -0.05) is 11.6 Å². The molecule has 0 bridgehead atoms. The van der Waals surface area contributed by atoms with Gasteiger partial charge in [0.25, 0.3) is 17.7 Å². The van der Waals surface area contributed by atoms with Crippen LogP contribution in [0.25, 0.3) is 28.0 Å². The van der Waals surface area contributed by atoms with Gasteiger partial charge in [0.1, 0.15) is 5.69 Å². The van der Waals surface area contributed by atoms with Crippen molar-refractivity contribution in [2.24, 2.45) is 18.9 Å². The van der Waals surface area contributed by atoms with Crippen LogP contribution in [0.1, 0.15) is 50.0 Å². The molecule has 0 radical (unpaired) electrons. The van der Waals surface area contributed by atoms with Crippen molar-refractivity contribution in [1.82, 2.24) is 49.7 Å². The van der Waals surface area contributed by atoms with Crippen LogP contribution in [-0.2, 0) is 22.8 Å². The van der Waals surface area contributed by atoms with E-state index in [0.717, 1.165) is 36.7 Å². The maximum Gasteiger partial charge on any atom is 0.435 e. The van der Waals surface area contributed by atoms with Crippen molar-refractivity contribution in [3.05, 3.63) is 76.7 Å². The SMILES string of the molecule is Cn1c(-c2cn(-c3cc4[nH]c(C(=O)NCCO)cc4cn3)nc2C(F)(F)F)cnc1C(=O)Nc1ccc(C(=O)N2CCN(C(=O)C3CC[N+](CC(=O)O)(CC4CNC4)CC3)CC2)c(Cl)c1. The fraction of sp³-hybridized carbons (Fsp3) is 0.429. The Labute approximate surface area is 374 Å². The summed E-state index contributed by atoms with van der Waals surface area (Å²) in [4.78, 5) is 79.2. The first-order valence-electron chi connectivity index (χ1n) is 21.1. The molecule has 4 aromatic heterocycles. The molecule has 344 valence electrons. The summed E-state index contributed by atoms with van der Waals surface area (Å²) in [6.07, 6.45) is -0.0939. The number of aliphatic carboxylic acids is 1. The van der Waals surface area contributed by atoms with E-state index in [-0.39, 0.29) is 95.4 Å². The molecule has 6 N–H and O–H groups in total. The maximum absolute atomic E-state index is 14.4. The van der Waals surface area contributed by atoms with Crippen LogP contribution in [0.3, 0.4) is 0 Å². The van der Waals surface area contributed by atoms with Crippen molar-refractivity contribution < 1.29 is 51.8 Å². The van der Waals surface area contributed by atoms with Gasteiger partial charge in [-0.2, -0.15) is 18.3 Å². The molecule has 0 unspecified atom stereocenters. The number of halogens is 4. The molecule has 3 saturated heterocycles. The summed E-state index contributed by atoms with van der Waals surface area (Å²) >= 11 is 6.57. The number of rotatable bonds is 13. The van der Waals surface area contributed by atoms with Crippen molar-refractivity contribution in [2.75, 3.05) is 83.9 Å². The number of imidazole rings is 1. The highest BCUT2D eigenvalue weighted by Crippen LogP contribution is 2.37. The predicted octanol–water partition coefficient (Wildman–Crippen LogP) is 2.61. The van der Waals surface area contributed by atoms with Crippen molar-refractivity contribution in [1.29, 1.82) is 0 Å². The number of piperazine rings is 1. The number of likely N-dealkylation sites (tertiary alicyclic amines) is 1. The minimum absolute atomic E-state index is 0.00411. The van der Waals surface area contributed by atoms with Crippen LogP contribution in [-0.4, -0.2) is 162 Å². The van der Waals surface area contributed by atoms with Crippen LogP contribution in [0.4, 0.5) is 18.9 Å². The molecule has 0 saturated carbocycles. The summed E-state index contributed by atoms with van der Waals surface area (Å²) in [6.45, 7) is 4.89. The maximum atomic E-state index is 14.4. The zero-order chi connectivity index (χ0) is 46.2. The molecule has 3 fully saturated rings. The Morgan fingerprint density at radius 2 is 1.69 bits per heavy atom. The Bertz CT molecular complexity index is 2640. The highest BCUT2D eigenvalue weighted by molar-refractivity contribution is 6.34. The fourth-order valence-electron chi connectivity index (χ4n) is 8.88. The molecule has 19 nitrogen and oxygen atoms in total. The molecule has 4 amide bonds. The van der Waals surface area contributed by atoms with Crippen molar-refractivity contribution in [2.45, 2.75) is 19.0 Å². The summed E-state index contributed by atoms with van der Waals surface area (Å²) in [6, 6.07) is 7.25. The topological polar surface area (TPSA) is 233 Å². The lowest BCUT2D eigenvalue weighted by Gasteiger charge is -2.46. The summed E-state index contributed by atoms with van der Waals surface area (Å²) in [5.74, 6) is -2.42. The van der Waals surface area contributed by atoms with Gasteiger partial charge < -0.3 is 50.0 Å². The van der Waals surface area contributed by atoms with E-state index in [0.29, 0.717) is 60.3 Å². The van der Waals surface area contributed by atoms with Gasteiger partial charge in [-0.25, -0.2) is 19.4 Å². The summed E-state index contributed by atoms with van der Waals surface area (Å²) < 4.78 is 45.8. The van der Waals surface area contributed by atoms with E-state index < -0.39 is 29.7 Å². The van der Waals surface area contributed by atoms with E-state index in [2.05, 4.69) is 36.0 Å². The smallest absolute Gasteiger partial charge is 0.435 e. The number of nitrogens with zero attached hydrogens (tertiary/aromatic N) is 8. The highest BCUT2D eigenvalue weighted by Gasteiger charge is 2.43. The van der Waals surface area contributed by atoms with E-state index in [1.807, 2.05) is 0 Å². The third kappa shape index (κ3) is 9.56. The lowest BCUT2D eigenvalue weighted by Crippen LogP contribution is -2.62. The molecule has 7 heterocycles. The number of carboxylic acid groups (broad SMARTS) is 1. The molecular weight excluding hydrogens is 877 g/mol. The number of carbonyl (C=O) groups excluding carboxylic acids is 4. The quantitative estimate of drug-likeness (QED) is 0.0941. The summed E-state index contributed by atoms with van der Waals surface area (Å²) in [5, 5.41) is 31.3. The van der Waals surface area contributed by atoms with Crippen molar-refractivity contribution in [3.63, 3.8) is 0 Å². The average molecular weight is 924 g/mol. The molecule has 8 rings (SSSR count). The van der Waals surface area contributed by atoms with Gasteiger partial charge in [0, 0.05) is 107 Å². The number of anilines is 1. The molecule has 3 aliphatic rings. The van der Waals surface area contributed by atoms with Crippen LogP contribution in [0.2, 0.25) is 5.02 Å². The van der Waals surface area contributed by atoms with E-state index in [1.165, 1.54) is 48.1 Å². The van der Waals surface area contributed by atoms with Crippen LogP contribution >= 0.6 is 11.6 Å². The Balaban J connectivity index is 0.891. The first-order chi connectivity index (χ1) is 31.0. The minimum Gasteiger partial charge on any atom is -0.477 e. The van der Waals surface area contributed by atoms with E-state index in [1.54, 1.807) is 9.80 Å². The number of aromatic amines is 1. The molecule has 0 atom stereocenters. The molecule has 23 heteroatoms. The number of piperidine rings is 1. The number of benzene rings is 1. The Hall–Kier alpha value is -6.36. The number of H-pyrrole nitrogens is 1. The number of carboxylic acids is 1. The Kier molecular flexibility index (Phi) is 12.7. The molecular formula is C42H47ClF3N12O7+. The molecule has 1 aromatic carbocycles. The van der Waals surface area contributed by atoms with E-state index in [9.17, 15) is 42.3 Å². The minimum atomic E-state index is -4.91. The number of carbonyl (C=O) groups is 5. The standard InChI is InChI=1S/C42H46ClF3N12O7/c1-54-33(29-21-57(53-36(29)42(44,45)46)34-16-31-26(19-49-34)14-32(52-31)38(62)48-6-13-59)20-50-37(54)39(63)51-27-2-3-28(30(43)15-27)41(65)56-9-7-55(8-10-56)40(64)25-4-11-58(12-5-25,23-35(60)61)22-24-17-47-18-24/h2-3,14-16,19-21,24-25,47,59H,4-13,17-18,22-23H2,1H3,(H3-,48,49,51,52,60,61,62,63,65)/p+1. The number of aromatic nitrogens is 6. The fourth-order valence-corrected chi connectivity index (χ4v) is 9.14. The third-order valence-electron chi connectivity index (χ3n) is 12.4. The number of nitrogens with one attached hydrogen (secondary N) is 4. The van der Waals surface area contributed by atoms with Crippen LogP contribution in [0, 0.1) is 11.8 Å². The average Bonchev–Trinajstić information content (AvgIpc) is 4.01. The van der Waals surface area contributed by atoms with Gasteiger partial charge in [-0.15, -0.1) is 0 Å². The van der Waals surface area contributed by atoms with Crippen molar-refractivity contribution >= 4 is 57.8 Å². The Morgan fingerprint density at radius 3 is 2.34 bits per heavy atom. The number of amides is 4. The number of aliphatic hydroxyl groups excluding tert-OH is 1. The van der Waals surface area contributed by atoms with Gasteiger partial charge >= 0.3 is 12.1 Å². The molecule has 3 aliphatic heterocycles. The van der Waals surface area contributed by atoms with E-state index in [4.69, 9.17) is 16.7 Å². The van der Waals surface area contributed by atoms with Gasteiger partial charge in [-0.05, 0) is 24.3 Å². The second kappa shape index (κ2) is 18.3. The van der Waals surface area contributed by atoms with Gasteiger partial charge in [0.2, 0.25) is 5.91 Å². The normalized spacial score (nSPS) is 19.3. The summed E-state index contributed by atoms with van der Waals surface area (Å²) in [5.41, 5.74) is -0.787. The predicted molar refractivity (Wildman–Crippen MR) is 228 cm³/mol. The van der Waals surface area contributed by atoms with Gasteiger partial charge in [0.15, 0.2) is 23.9 Å². The first kappa shape index (κ1) is 45.2. The van der Waals surface area contributed by atoms with Crippen molar-refractivity contribution in [3.8, 4) is 17.1 Å². The lowest BCUT2D eigenvalue weighted by molar-refractivity contribution is -0.929. The molecule has 0 aliphatic carbocycles. The second-order valence-electron chi connectivity index (χ2n) is 16.7. The first-order valence-corrected chi connectivity index (χ1v) is 21.4. The molecule has 5 aromatic rings. The molecule has 65 heavy (non-hydrogen) atoms. The van der Waals surface area contributed by atoms with Gasteiger partial charge in [-0.3, -0.25) is 19.2 Å². The number of quaternary nitrogens is 1. The number of alkyl halides is 3. The third-order valence-corrected chi connectivity index (χ3v) is 12.7. The number of hydrogen-bond donors (Lipinski definition) is 6. The monoisotopic (exact) mass is 923 g/mol. The number of pyridine rings is 1. The summed E-state index contributed by atoms with van der Waals surface area (Å²) in [7, 11) is 1.37. The highest BCUT2D eigenvalue weighted by atomic mass is 35.5. The van der Waals surface area contributed by atoms with Crippen LogP contribution < -0.4 is 16.0 Å². The zero-order valence-electron chi connectivity index (χ0n) is 35.2. The largest absolute Gasteiger partial charge is 0.477 e. The molecule has 0 spiro atoms. The van der Waals surface area contributed by atoms with Gasteiger partial charge in [0.05, 0.1) is 59.8 Å². The second-order valence-corrected chi connectivity index (χ2v) is 17.1. The van der Waals surface area contributed by atoms with E-state index >= 15 is 0 Å².